The fourth-order valence-electron chi connectivity index (χ4n) is 4.98. The fourth-order valence-corrected chi connectivity index (χ4v) is 5.32. The van der Waals surface area contributed by atoms with Crippen LogP contribution in [0.2, 0.25) is 0 Å². The minimum absolute atomic E-state index is 0.0445. The molecule has 194 valence electrons. The van der Waals surface area contributed by atoms with Crippen molar-refractivity contribution in [3.8, 4) is 11.4 Å². The lowest BCUT2D eigenvalue weighted by Crippen LogP contribution is -2.33. The summed E-state index contributed by atoms with van der Waals surface area (Å²) in [5, 5.41) is 7.16. The number of carbonyl (C=O) groups is 1. The summed E-state index contributed by atoms with van der Waals surface area (Å²) in [4.78, 5) is 19.8. The minimum atomic E-state index is -0.174. The number of para-hydroxylation sites is 1. The highest BCUT2D eigenvalue weighted by Crippen LogP contribution is 2.39. The summed E-state index contributed by atoms with van der Waals surface area (Å²) < 4.78 is 7.61. The monoisotopic (exact) mass is 525 g/mol. The number of rotatable bonds is 9. The highest BCUT2D eigenvalue weighted by molar-refractivity contribution is 7.80. The second-order valence-corrected chi connectivity index (χ2v) is 9.52. The van der Waals surface area contributed by atoms with Crippen LogP contribution in [0.25, 0.3) is 5.69 Å². The molecule has 8 heteroatoms. The Morgan fingerprint density at radius 2 is 1.92 bits per heavy atom. The number of aromatic nitrogens is 2. The van der Waals surface area contributed by atoms with E-state index in [1.54, 1.807) is 13.3 Å². The summed E-state index contributed by atoms with van der Waals surface area (Å²) in [6, 6.07) is 25.5. The maximum atomic E-state index is 13.0. The quantitative estimate of drug-likeness (QED) is 0.284. The summed E-state index contributed by atoms with van der Waals surface area (Å²) in [6.07, 6.45) is 4.98. The Morgan fingerprint density at radius 1 is 1.08 bits per heavy atom. The molecule has 0 spiro atoms. The number of nitrogens with zero attached hydrogens (tertiary/aromatic N) is 3. The molecule has 1 saturated heterocycles. The van der Waals surface area contributed by atoms with E-state index in [1.807, 2.05) is 79.0 Å². The summed E-state index contributed by atoms with van der Waals surface area (Å²) in [5.74, 6) is 0.737. The van der Waals surface area contributed by atoms with Gasteiger partial charge in [0, 0.05) is 48.5 Å². The predicted octanol–water partition coefficient (Wildman–Crippen LogP) is 5.44. The number of hydrogen-bond donors (Lipinski definition) is 2. The Balaban J connectivity index is 1.44. The number of methoxy groups -OCH3 is 1. The van der Waals surface area contributed by atoms with Crippen molar-refractivity contribution in [2.75, 3.05) is 19.0 Å². The average molecular weight is 526 g/mol. The van der Waals surface area contributed by atoms with Crippen LogP contribution in [-0.2, 0) is 11.2 Å². The third kappa shape index (κ3) is 5.26. The highest BCUT2D eigenvalue weighted by atomic mass is 32.1. The van der Waals surface area contributed by atoms with Crippen LogP contribution in [0.1, 0.15) is 42.4 Å². The molecule has 4 aromatic rings. The lowest BCUT2D eigenvalue weighted by Gasteiger charge is -2.29. The van der Waals surface area contributed by atoms with Crippen LogP contribution in [0, 0.1) is 0 Å². The van der Waals surface area contributed by atoms with Crippen LogP contribution in [-0.4, -0.2) is 39.1 Å². The third-order valence-corrected chi connectivity index (χ3v) is 7.22. The van der Waals surface area contributed by atoms with E-state index >= 15 is 0 Å². The van der Waals surface area contributed by atoms with Gasteiger partial charge >= 0.3 is 0 Å². The van der Waals surface area contributed by atoms with Crippen LogP contribution in [0.15, 0.2) is 91.3 Å². The molecule has 1 amide bonds. The van der Waals surface area contributed by atoms with Crippen LogP contribution >= 0.6 is 12.2 Å². The summed E-state index contributed by atoms with van der Waals surface area (Å²) in [5.41, 5.74) is 4.89. The van der Waals surface area contributed by atoms with Gasteiger partial charge in [0.2, 0.25) is 5.91 Å². The first-order valence-corrected chi connectivity index (χ1v) is 13.2. The van der Waals surface area contributed by atoms with Crippen molar-refractivity contribution in [2.45, 2.75) is 31.8 Å². The van der Waals surface area contributed by atoms with Crippen LogP contribution in [0.3, 0.4) is 0 Å². The maximum absolute atomic E-state index is 13.0. The zero-order valence-corrected chi connectivity index (χ0v) is 22.3. The van der Waals surface area contributed by atoms with Crippen molar-refractivity contribution >= 4 is 28.9 Å². The van der Waals surface area contributed by atoms with E-state index in [4.69, 9.17) is 17.0 Å². The van der Waals surface area contributed by atoms with E-state index in [1.165, 1.54) is 0 Å². The average Bonchev–Trinajstić information content (AvgIpc) is 3.57. The Bertz CT molecular complexity index is 1420. The molecule has 2 aromatic carbocycles. The number of thiocarbonyl (C=S) groups is 1. The van der Waals surface area contributed by atoms with Crippen LogP contribution < -0.4 is 15.4 Å². The molecule has 1 aliphatic rings. The molecule has 2 N–H and O–H groups in total. The lowest BCUT2D eigenvalue weighted by molar-refractivity contribution is -0.116. The molecule has 0 aliphatic carbocycles. The van der Waals surface area contributed by atoms with Gasteiger partial charge in [0.05, 0.1) is 24.9 Å². The topological polar surface area (TPSA) is 71.4 Å². The molecule has 7 nitrogen and oxygen atoms in total. The Morgan fingerprint density at radius 3 is 2.71 bits per heavy atom. The second kappa shape index (κ2) is 11.5. The van der Waals surface area contributed by atoms with Gasteiger partial charge in [-0.15, -0.1) is 0 Å². The van der Waals surface area contributed by atoms with Gasteiger partial charge in [-0.05, 0) is 66.7 Å². The first-order valence-electron chi connectivity index (χ1n) is 12.8. The van der Waals surface area contributed by atoms with Gasteiger partial charge in [0.1, 0.15) is 5.75 Å². The van der Waals surface area contributed by atoms with Crippen molar-refractivity contribution in [3.05, 3.63) is 108 Å². The Labute approximate surface area is 228 Å². The number of pyridine rings is 1. The van der Waals surface area contributed by atoms with E-state index in [9.17, 15) is 4.79 Å². The maximum Gasteiger partial charge on any atom is 0.226 e. The van der Waals surface area contributed by atoms with E-state index in [0.29, 0.717) is 18.1 Å². The molecule has 0 saturated carbocycles. The van der Waals surface area contributed by atoms with Gasteiger partial charge in [-0.3, -0.25) is 9.78 Å². The molecule has 2 aromatic heterocycles. The number of amides is 1. The molecule has 0 bridgehead atoms. The number of nitrogens with one attached hydrogen (secondary N) is 2. The third-order valence-electron chi connectivity index (χ3n) is 6.86. The predicted molar refractivity (Wildman–Crippen MR) is 154 cm³/mol. The second-order valence-electron chi connectivity index (χ2n) is 9.13. The number of carbonyl (C=O) groups excluding carboxylic acids is 1. The molecule has 2 atom stereocenters. The van der Waals surface area contributed by atoms with Gasteiger partial charge in [-0.2, -0.15) is 0 Å². The normalized spacial score (nSPS) is 16.8. The minimum Gasteiger partial charge on any atom is -0.497 e. The number of ether oxygens (including phenoxy) is 1. The van der Waals surface area contributed by atoms with Gasteiger partial charge in [0.15, 0.2) is 5.11 Å². The molecule has 2 unspecified atom stereocenters. The molecule has 38 heavy (non-hydrogen) atoms. The Kier molecular flexibility index (Phi) is 7.70. The molecular formula is C30H31N5O2S. The van der Waals surface area contributed by atoms with E-state index in [2.05, 4.69) is 38.1 Å². The van der Waals surface area contributed by atoms with Crippen molar-refractivity contribution in [3.63, 3.8) is 0 Å². The zero-order valence-electron chi connectivity index (χ0n) is 21.5. The zero-order chi connectivity index (χ0) is 26.5. The first-order chi connectivity index (χ1) is 18.6. The van der Waals surface area contributed by atoms with E-state index in [-0.39, 0.29) is 18.0 Å². The SMILES string of the molecule is CCc1ccccc1NC(=O)CCN1C(=S)NC(c2ccccn2)C1c1cccn1-c1cccc(OC)c1. The smallest absolute Gasteiger partial charge is 0.226 e. The fraction of sp³-hybridized carbons (Fsp3) is 0.233. The molecule has 0 radical (unpaired) electrons. The van der Waals surface area contributed by atoms with E-state index in [0.717, 1.165) is 40.5 Å². The summed E-state index contributed by atoms with van der Waals surface area (Å²) in [6.45, 7) is 2.54. The van der Waals surface area contributed by atoms with Gasteiger partial charge in [-0.1, -0.05) is 37.3 Å². The largest absolute Gasteiger partial charge is 0.497 e. The Hall–Kier alpha value is -4.17. The number of benzene rings is 2. The molecule has 1 aliphatic heterocycles. The molecule has 5 rings (SSSR count). The standard InChI is InChI=1S/C30H31N5O2S/c1-3-21-10-4-5-13-24(21)32-27(36)16-19-35-29(28(33-30(35)38)25-14-6-7-17-31-25)26-15-9-18-34(26)22-11-8-12-23(20-22)37-2/h4-15,17-18,20,28-29H,3,16,19H2,1-2H3,(H,32,36)(H,33,38). The van der Waals surface area contributed by atoms with E-state index < -0.39 is 0 Å². The summed E-state index contributed by atoms with van der Waals surface area (Å²) in [7, 11) is 1.66. The van der Waals surface area contributed by atoms with Gasteiger partial charge in [-0.25, -0.2) is 0 Å². The van der Waals surface area contributed by atoms with Gasteiger partial charge < -0.3 is 24.8 Å². The number of anilines is 1. The molecule has 1 fully saturated rings. The number of aryl methyl sites for hydroxylation is 1. The van der Waals surface area contributed by atoms with Crippen molar-refractivity contribution < 1.29 is 9.53 Å². The number of hydrogen-bond acceptors (Lipinski definition) is 4. The van der Waals surface area contributed by atoms with Crippen molar-refractivity contribution in [1.29, 1.82) is 0 Å². The highest BCUT2D eigenvalue weighted by Gasteiger charge is 2.41. The summed E-state index contributed by atoms with van der Waals surface area (Å²) >= 11 is 5.82. The first kappa shape index (κ1) is 25.5. The van der Waals surface area contributed by atoms with Crippen LogP contribution in [0.5, 0.6) is 5.75 Å². The lowest BCUT2D eigenvalue weighted by atomic mass is 10.0. The van der Waals surface area contributed by atoms with Crippen molar-refractivity contribution in [2.24, 2.45) is 0 Å². The molecule has 3 heterocycles. The molecular weight excluding hydrogens is 494 g/mol. The van der Waals surface area contributed by atoms with Gasteiger partial charge in [0.25, 0.3) is 0 Å². The van der Waals surface area contributed by atoms with Crippen molar-refractivity contribution in [1.82, 2.24) is 19.8 Å². The van der Waals surface area contributed by atoms with Crippen LogP contribution in [0.4, 0.5) is 5.69 Å².